The van der Waals surface area contributed by atoms with Gasteiger partial charge in [0.05, 0.1) is 6.04 Å². The van der Waals surface area contributed by atoms with Crippen LogP contribution >= 0.6 is 0 Å². The number of carbonyl (C=O) groups excluding carboxylic acids is 1. The summed E-state index contributed by atoms with van der Waals surface area (Å²) in [6.45, 7) is 11.4. The molecule has 0 saturated heterocycles. The normalized spacial score (nSPS) is 12.5. The Morgan fingerprint density at radius 2 is 1.07 bits per heavy atom. The molecular formula is C24H50N2O. The van der Waals surface area contributed by atoms with Crippen molar-refractivity contribution in [3.63, 3.8) is 0 Å². The fraction of sp³-hybridized carbons (Fsp3) is 0.958. The number of nitrogens with one attached hydrogen (secondary N) is 1. The van der Waals surface area contributed by atoms with E-state index in [9.17, 15) is 4.79 Å². The molecule has 0 aliphatic carbocycles. The van der Waals surface area contributed by atoms with Crippen molar-refractivity contribution in [1.82, 2.24) is 10.2 Å². The second-order valence-corrected chi connectivity index (χ2v) is 8.03. The summed E-state index contributed by atoms with van der Waals surface area (Å²) < 4.78 is 0. The monoisotopic (exact) mass is 382 g/mol. The SMILES string of the molecule is CCCCCCCCCCCCCCCCNC(=O)C(CC)N(CC)CC. The minimum absolute atomic E-state index is 0.0478. The highest BCUT2D eigenvalue weighted by atomic mass is 16.2. The summed E-state index contributed by atoms with van der Waals surface area (Å²) in [5, 5.41) is 3.15. The Hall–Kier alpha value is -0.570. The Morgan fingerprint density at radius 3 is 1.44 bits per heavy atom. The van der Waals surface area contributed by atoms with Crippen LogP contribution in [0.15, 0.2) is 0 Å². The van der Waals surface area contributed by atoms with Crippen LogP contribution in [0.2, 0.25) is 0 Å². The van der Waals surface area contributed by atoms with Crippen molar-refractivity contribution >= 4 is 5.91 Å². The van der Waals surface area contributed by atoms with E-state index in [1.165, 1.54) is 83.5 Å². The third kappa shape index (κ3) is 15.1. The quantitative estimate of drug-likeness (QED) is 0.237. The summed E-state index contributed by atoms with van der Waals surface area (Å²) in [5.41, 5.74) is 0. The second-order valence-electron chi connectivity index (χ2n) is 8.03. The summed E-state index contributed by atoms with van der Waals surface area (Å²) in [6.07, 6.45) is 20.1. The fourth-order valence-electron chi connectivity index (χ4n) is 3.92. The lowest BCUT2D eigenvalue weighted by Crippen LogP contribution is -2.46. The number of carbonyl (C=O) groups is 1. The average molecular weight is 383 g/mol. The smallest absolute Gasteiger partial charge is 0.237 e. The van der Waals surface area contributed by atoms with E-state index >= 15 is 0 Å². The highest BCUT2D eigenvalue weighted by Gasteiger charge is 2.21. The lowest BCUT2D eigenvalue weighted by molar-refractivity contribution is -0.126. The van der Waals surface area contributed by atoms with Crippen LogP contribution in [0, 0.1) is 0 Å². The van der Waals surface area contributed by atoms with Crippen LogP contribution in [-0.4, -0.2) is 36.5 Å². The molecule has 0 radical (unpaired) electrons. The van der Waals surface area contributed by atoms with Gasteiger partial charge in [-0.05, 0) is 25.9 Å². The van der Waals surface area contributed by atoms with Crippen molar-refractivity contribution in [3.8, 4) is 0 Å². The highest BCUT2D eigenvalue weighted by Crippen LogP contribution is 2.13. The molecule has 1 amide bonds. The van der Waals surface area contributed by atoms with Gasteiger partial charge in [-0.25, -0.2) is 0 Å². The summed E-state index contributed by atoms with van der Waals surface area (Å²) in [6, 6.07) is 0.0478. The van der Waals surface area contributed by atoms with E-state index in [-0.39, 0.29) is 11.9 Å². The van der Waals surface area contributed by atoms with Crippen molar-refractivity contribution in [2.75, 3.05) is 19.6 Å². The summed E-state index contributed by atoms with van der Waals surface area (Å²) in [5.74, 6) is 0.218. The van der Waals surface area contributed by atoms with Gasteiger partial charge >= 0.3 is 0 Å². The molecule has 0 bridgehead atoms. The maximum Gasteiger partial charge on any atom is 0.237 e. The predicted molar refractivity (Wildman–Crippen MR) is 120 cm³/mol. The first kappa shape index (κ1) is 26.4. The van der Waals surface area contributed by atoms with Crippen molar-refractivity contribution in [3.05, 3.63) is 0 Å². The number of unbranched alkanes of at least 4 members (excludes halogenated alkanes) is 13. The molecule has 1 atom stereocenters. The zero-order valence-electron chi connectivity index (χ0n) is 19.2. The average Bonchev–Trinajstić information content (AvgIpc) is 2.68. The predicted octanol–water partition coefficient (Wildman–Crippen LogP) is 6.70. The van der Waals surface area contributed by atoms with Crippen LogP contribution in [-0.2, 0) is 4.79 Å². The van der Waals surface area contributed by atoms with Crippen LogP contribution in [0.1, 0.15) is 124 Å². The van der Waals surface area contributed by atoms with Gasteiger partial charge in [-0.2, -0.15) is 0 Å². The van der Waals surface area contributed by atoms with Crippen LogP contribution < -0.4 is 5.32 Å². The second kappa shape index (κ2) is 20.2. The number of likely N-dealkylation sites (N-methyl/N-ethyl adjacent to an activating group) is 1. The Balaban J connectivity index is 3.41. The van der Waals surface area contributed by atoms with Gasteiger partial charge in [-0.15, -0.1) is 0 Å². The van der Waals surface area contributed by atoms with Crippen molar-refractivity contribution in [1.29, 1.82) is 0 Å². The molecule has 0 rings (SSSR count). The molecule has 0 aromatic rings. The first-order valence-electron chi connectivity index (χ1n) is 12.2. The summed E-state index contributed by atoms with van der Waals surface area (Å²) in [4.78, 5) is 14.6. The minimum atomic E-state index is 0.0478. The number of rotatable bonds is 20. The van der Waals surface area contributed by atoms with E-state index in [1.807, 2.05) is 0 Å². The third-order valence-electron chi connectivity index (χ3n) is 5.77. The molecular weight excluding hydrogens is 332 g/mol. The maximum atomic E-state index is 12.3. The number of nitrogens with zero attached hydrogens (tertiary/aromatic N) is 1. The molecule has 162 valence electrons. The molecule has 3 nitrogen and oxygen atoms in total. The summed E-state index contributed by atoms with van der Waals surface area (Å²) in [7, 11) is 0. The Kier molecular flexibility index (Phi) is 19.7. The van der Waals surface area contributed by atoms with Gasteiger partial charge in [0.25, 0.3) is 0 Å². The highest BCUT2D eigenvalue weighted by molar-refractivity contribution is 5.81. The third-order valence-corrected chi connectivity index (χ3v) is 5.77. The van der Waals surface area contributed by atoms with Gasteiger partial charge in [0, 0.05) is 6.54 Å². The van der Waals surface area contributed by atoms with Gasteiger partial charge in [0.2, 0.25) is 5.91 Å². The number of hydrogen-bond acceptors (Lipinski definition) is 2. The molecule has 1 unspecified atom stereocenters. The number of amides is 1. The van der Waals surface area contributed by atoms with Gasteiger partial charge in [0.1, 0.15) is 0 Å². The molecule has 0 aliphatic heterocycles. The Bertz CT molecular complexity index is 316. The Labute approximate surface area is 171 Å². The molecule has 0 heterocycles. The van der Waals surface area contributed by atoms with E-state index in [0.717, 1.165) is 32.5 Å². The molecule has 0 spiro atoms. The minimum Gasteiger partial charge on any atom is -0.355 e. The van der Waals surface area contributed by atoms with Crippen molar-refractivity contribution in [2.45, 2.75) is 130 Å². The van der Waals surface area contributed by atoms with Gasteiger partial charge in [-0.3, -0.25) is 9.69 Å². The largest absolute Gasteiger partial charge is 0.355 e. The standard InChI is InChI=1S/C24H50N2O/c1-5-9-10-11-12-13-14-15-16-17-18-19-20-21-22-25-24(27)23(6-2)26(7-3)8-4/h23H,5-22H2,1-4H3,(H,25,27). The molecule has 0 aromatic heterocycles. The van der Waals surface area contributed by atoms with Crippen LogP contribution in [0.5, 0.6) is 0 Å². The maximum absolute atomic E-state index is 12.3. The topological polar surface area (TPSA) is 32.3 Å². The van der Waals surface area contributed by atoms with Gasteiger partial charge in [0.15, 0.2) is 0 Å². The zero-order valence-corrected chi connectivity index (χ0v) is 19.2. The lowest BCUT2D eigenvalue weighted by Gasteiger charge is -2.27. The molecule has 1 N–H and O–H groups in total. The van der Waals surface area contributed by atoms with Gasteiger partial charge < -0.3 is 5.32 Å². The van der Waals surface area contributed by atoms with Crippen LogP contribution in [0.4, 0.5) is 0 Å². The lowest BCUT2D eigenvalue weighted by atomic mass is 10.0. The van der Waals surface area contributed by atoms with E-state index in [2.05, 4.69) is 37.9 Å². The van der Waals surface area contributed by atoms with E-state index < -0.39 is 0 Å². The van der Waals surface area contributed by atoms with Crippen molar-refractivity contribution in [2.24, 2.45) is 0 Å². The molecule has 27 heavy (non-hydrogen) atoms. The van der Waals surface area contributed by atoms with Crippen molar-refractivity contribution < 1.29 is 4.79 Å². The van der Waals surface area contributed by atoms with Gasteiger partial charge in [-0.1, -0.05) is 111 Å². The Morgan fingerprint density at radius 1 is 0.667 bits per heavy atom. The first-order valence-corrected chi connectivity index (χ1v) is 12.2. The summed E-state index contributed by atoms with van der Waals surface area (Å²) >= 11 is 0. The molecule has 0 fully saturated rings. The van der Waals surface area contributed by atoms with E-state index in [1.54, 1.807) is 0 Å². The zero-order chi connectivity index (χ0) is 20.2. The molecule has 0 aliphatic rings. The molecule has 0 saturated carbocycles. The van der Waals surface area contributed by atoms with E-state index in [4.69, 9.17) is 0 Å². The molecule has 0 aromatic carbocycles. The van der Waals surface area contributed by atoms with Crippen LogP contribution in [0.25, 0.3) is 0 Å². The fourth-order valence-corrected chi connectivity index (χ4v) is 3.92. The first-order chi connectivity index (χ1) is 13.2. The number of hydrogen-bond donors (Lipinski definition) is 1. The van der Waals surface area contributed by atoms with E-state index in [0.29, 0.717) is 0 Å². The molecule has 3 heteroatoms. The van der Waals surface area contributed by atoms with Crippen LogP contribution in [0.3, 0.4) is 0 Å².